The van der Waals surface area contributed by atoms with Gasteiger partial charge < -0.3 is 10.2 Å². The summed E-state index contributed by atoms with van der Waals surface area (Å²) in [6, 6.07) is 2.83. The number of thiophene rings is 1. The van der Waals surface area contributed by atoms with Crippen LogP contribution in [0.1, 0.15) is 0 Å². The number of hydrogen-bond donors (Lipinski definition) is 2. The van der Waals surface area contributed by atoms with Crippen molar-refractivity contribution >= 4 is 27.1 Å². The molecule has 0 aliphatic heterocycles. The third-order valence-electron chi connectivity index (χ3n) is 1.87. The molecule has 0 atom stereocenters. The average Bonchev–Trinajstić information content (AvgIpc) is 2.55. The summed E-state index contributed by atoms with van der Waals surface area (Å²) in [5.41, 5.74) is -0.182. The highest BCUT2D eigenvalue weighted by molar-refractivity contribution is 7.17. The first kappa shape index (κ1) is 8.76. The molecule has 0 aliphatic carbocycles. The van der Waals surface area contributed by atoms with Crippen molar-refractivity contribution < 1.29 is 15.1 Å². The summed E-state index contributed by atoms with van der Waals surface area (Å²) in [5.74, 6) is -0.783. The van der Waals surface area contributed by atoms with E-state index in [1.807, 2.05) is 0 Å². The molecule has 0 radical (unpaired) electrons. The van der Waals surface area contributed by atoms with E-state index >= 15 is 0 Å². The molecule has 0 aliphatic rings. The Labute approximate surface area is 82.0 Å². The van der Waals surface area contributed by atoms with Crippen LogP contribution in [0.2, 0.25) is 0 Å². The lowest BCUT2D eigenvalue weighted by Crippen LogP contribution is -1.85. The molecule has 0 amide bonds. The molecule has 5 nitrogen and oxygen atoms in total. The number of aromatic hydroxyl groups is 2. The van der Waals surface area contributed by atoms with Gasteiger partial charge in [-0.3, -0.25) is 10.1 Å². The van der Waals surface area contributed by atoms with Gasteiger partial charge in [-0.05, 0) is 12.1 Å². The van der Waals surface area contributed by atoms with E-state index < -0.39 is 10.7 Å². The number of benzene rings is 1. The van der Waals surface area contributed by atoms with Crippen LogP contribution in [0.3, 0.4) is 0 Å². The Morgan fingerprint density at radius 2 is 2.07 bits per heavy atom. The van der Waals surface area contributed by atoms with Crippen LogP contribution in [-0.4, -0.2) is 15.1 Å². The zero-order chi connectivity index (χ0) is 10.3. The topological polar surface area (TPSA) is 83.6 Å². The summed E-state index contributed by atoms with van der Waals surface area (Å²) in [6.07, 6.45) is 0. The van der Waals surface area contributed by atoms with Gasteiger partial charge in [-0.15, -0.1) is 11.3 Å². The second-order valence-electron chi connectivity index (χ2n) is 2.68. The van der Waals surface area contributed by atoms with Crippen molar-refractivity contribution in [3.05, 3.63) is 27.6 Å². The van der Waals surface area contributed by atoms with Crippen molar-refractivity contribution in [2.24, 2.45) is 0 Å². The molecule has 0 saturated heterocycles. The molecule has 0 bridgehead atoms. The quantitative estimate of drug-likeness (QED) is 0.430. The number of phenols is 2. The number of fused-ring (bicyclic) bond motifs is 1. The molecule has 72 valence electrons. The maximum atomic E-state index is 10.6. The highest BCUT2D eigenvalue weighted by Crippen LogP contribution is 2.42. The van der Waals surface area contributed by atoms with Gasteiger partial charge in [0.25, 0.3) is 5.69 Å². The van der Waals surface area contributed by atoms with Gasteiger partial charge >= 0.3 is 0 Å². The first-order chi connectivity index (χ1) is 6.61. The summed E-state index contributed by atoms with van der Waals surface area (Å²) >= 11 is 1.15. The van der Waals surface area contributed by atoms with Gasteiger partial charge in [-0.2, -0.15) is 0 Å². The fourth-order valence-corrected chi connectivity index (χ4v) is 2.13. The SMILES string of the molecule is O=[N+]([O-])c1csc2ccc(O)c(O)c12. The van der Waals surface area contributed by atoms with E-state index in [1.54, 1.807) is 0 Å². The fraction of sp³-hybridized carbons (Fsp3) is 0. The van der Waals surface area contributed by atoms with Gasteiger partial charge in [-0.1, -0.05) is 0 Å². The van der Waals surface area contributed by atoms with Crippen LogP contribution < -0.4 is 0 Å². The van der Waals surface area contributed by atoms with Crippen LogP contribution in [0.4, 0.5) is 5.69 Å². The molecule has 1 aromatic heterocycles. The van der Waals surface area contributed by atoms with Gasteiger partial charge in [0.1, 0.15) is 5.39 Å². The Hall–Kier alpha value is -1.82. The Balaban J connectivity index is 2.89. The maximum absolute atomic E-state index is 10.6. The van der Waals surface area contributed by atoms with Crippen LogP contribution in [0.15, 0.2) is 17.5 Å². The summed E-state index contributed by atoms with van der Waals surface area (Å²) < 4.78 is 0.576. The number of nitrogens with zero attached hydrogens (tertiary/aromatic N) is 1. The fourth-order valence-electron chi connectivity index (χ4n) is 1.22. The molecule has 0 unspecified atom stereocenters. The van der Waals surface area contributed by atoms with E-state index in [9.17, 15) is 20.3 Å². The molecule has 0 spiro atoms. The first-order valence-electron chi connectivity index (χ1n) is 3.68. The minimum absolute atomic E-state index is 0.0972. The van der Waals surface area contributed by atoms with Gasteiger partial charge in [0.15, 0.2) is 11.5 Å². The molecule has 2 rings (SSSR count). The largest absolute Gasteiger partial charge is 0.504 e. The highest BCUT2D eigenvalue weighted by Gasteiger charge is 2.19. The molecule has 0 saturated carbocycles. The zero-order valence-electron chi connectivity index (χ0n) is 6.80. The molecular weight excluding hydrogens is 206 g/mol. The Kier molecular flexibility index (Phi) is 1.78. The van der Waals surface area contributed by atoms with E-state index in [2.05, 4.69) is 0 Å². The monoisotopic (exact) mass is 211 g/mol. The Morgan fingerprint density at radius 3 is 2.71 bits per heavy atom. The average molecular weight is 211 g/mol. The summed E-state index contributed by atoms with van der Waals surface area (Å²) in [5, 5.41) is 30.6. The van der Waals surface area contributed by atoms with Crippen LogP contribution in [-0.2, 0) is 0 Å². The van der Waals surface area contributed by atoms with Crippen LogP contribution in [0.5, 0.6) is 11.5 Å². The van der Waals surface area contributed by atoms with Crippen molar-refractivity contribution in [1.82, 2.24) is 0 Å². The van der Waals surface area contributed by atoms with Gasteiger partial charge in [-0.25, -0.2) is 0 Å². The van der Waals surface area contributed by atoms with Crippen LogP contribution in [0, 0.1) is 10.1 Å². The van der Waals surface area contributed by atoms with E-state index in [-0.39, 0.29) is 16.8 Å². The van der Waals surface area contributed by atoms with Gasteiger partial charge in [0, 0.05) is 4.70 Å². The Bertz CT molecular complexity index is 519. The summed E-state index contributed by atoms with van der Waals surface area (Å²) in [4.78, 5) is 9.97. The number of hydrogen-bond acceptors (Lipinski definition) is 5. The van der Waals surface area contributed by atoms with E-state index in [0.717, 1.165) is 11.3 Å². The van der Waals surface area contributed by atoms with Crippen molar-refractivity contribution in [2.45, 2.75) is 0 Å². The summed E-state index contributed by atoms with van der Waals surface area (Å²) in [6.45, 7) is 0. The molecular formula is C8H5NO4S. The third-order valence-corrected chi connectivity index (χ3v) is 2.80. The summed E-state index contributed by atoms with van der Waals surface area (Å²) in [7, 11) is 0. The second-order valence-corrected chi connectivity index (χ2v) is 3.60. The van der Waals surface area contributed by atoms with Crippen LogP contribution in [0.25, 0.3) is 10.1 Å². The molecule has 0 fully saturated rings. The van der Waals surface area contributed by atoms with Crippen molar-refractivity contribution in [1.29, 1.82) is 0 Å². The smallest absolute Gasteiger partial charge is 0.291 e. The number of rotatable bonds is 1. The lowest BCUT2D eigenvalue weighted by atomic mass is 10.2. The van der Waals surface area contributed by atoms with Crippen molar-refractivity contribution in [3.63, 3.8) is 0 Å². The third kappa shape index (κ3) is 1.08. The predicted octanol–water partition coefficient (Wildman–Crippen LogP) is 2.22. The van der Waals surface area contributed by atoms with Crippen molar-refractivity contribution in [2.75, 3.05) is 0 Å². The minimum Gasteiger partial charge on any atom is -0.504 e. The predicted molar refractivity (Wildman–Crippen MR) is 51.8 cm³/mol. The van der Waals surface area contributed by atoms with Gasteiger partial charge in [0.05, 0.1) is 10.3 Å². The normalized spacial score (nSPS) is 10.6. The molecule has 6 heteroatoms. The zero-order valence-corrected chi connectivity index (χ0v) is 7.61. The molecule has 14 heavy (non-hydrogen) atoms. The lowest BCUT2D eigenvalue weighted by molar-refractivity contribution is -0.382. The van der Waals surface area contributed by atoms with E-state index in [1.165, 1.54) is 17.5 Å². The number of phenolic OH excluding ortho intramolecular Hbond substituents is 2. The van der Waals surface area contributed by atoms with Gasteiger partial charge in [0.2, 0.25) is 0 Å². The molecule has 1 aromatic carbocycles. The number of nitro groups is 1. The lowest BCUT2D eigenvalue weighted by Gasteiger charge is -1.97. The highest BCUT2D eigenvalue weighted by atomic mass is 32.1. The molecule has 2 aromatic rings. The first-order valence-corrected chi connectivity index (χ1v) is 4.55. The molecule has 2 N–H and O–H groups in total. The second kappa shape index (κ2) is 2.85. The van der Waals surface area contributed by atoms with Crippen LogP contribution >= 0.6 is 11.3 Å². The standard InChI is InChI=1S/C8H5NO4S/c10-5-1-2-6-7(8(5)11)4(3-14-6)9(12)13/h1-3,10-11H. The Morgan fingerprint density at radius 1 is 1.36 bits per heavy atom. The minimum atomic E-state index is -0.585. The van der Waals surface area contributed by atoms with E-state index in [0.29, 0.717) is 4.70 Å². The van der Waals surface area contributed by atoms with Crippen molar-refractivity contribution in [3.8, 4) is 11.5 Å². The molecule has 1 heterocycles. The maximum Gasteiger partial charge on any atom is 0.291 e. The van der Waals surface area contributed by atoms with E-state index in [4.69, 9.17) is 0 Å².